The normalized spacial score (nSPS) is 11.9. The van der Waals surface area contributed by atoms with E-state index in [2.05, 4.69) is 15.2 Å². The highest BCUT2D eigenvalue weighted by Gasteiger charge is 2.22. The number of ketones is 1. The fraction of sp³-hybridized carbons (Fsp3) is 0.455. The van der Waals surface area contributed by atoms with E-state index >= 15 is 0 Å². The highest BCUT2D eigenvalue weighted by atomic mass is 16.1. The summed E-state index contributed by atoms with van der Waals surface area (Å²) in [4.78, 5) is 16.1. The molecule has 0 radical (unpaired) electrons. The molecule has 2 aromatic rings. The molecule has 2 rings (SSSR count). The van der Waals surface area contributed by atoms with Crippen molar-refractivity contribution in [2.75, 3.05) is 0 Å². The van der Waals surface area contributed by atoms with E-state index in [-0.39, 0.29) is 11.2 Å². The van der Waals surface area contributed by atoms with Gasteiger partial charge in [-0.05, 0) is 0 Å². The summed E-state index contributed by atoms with van der Waals surface area (Å²) in [6, 6.07) is 0. The van der Waals surface area contributed by atoms with E-state index in [0.29, 0.717) is 17.8 Å². The van der Waals surface area contributed by atoms with Gasteiger partial charge in [-0.25, -0.2) is 0 Å². The Balaban J connectivity index is 2.35. The maximum absolute atomic E-state index is 11.9. The summed E-state index contributed by atoms with van der Waals surface area (Å²) in [6.45, 7) is 5.71. The summed E-state index contributed by atoms with van der Waals surface area (Å²) in [5.74, 6) is 0.149. The van der Waals surface area contributed by atoms with Crippen LogP contribution in [0, 0.1) is 5.41 Å². The van der Waals surface area contributed by atoms with Gasteiger partial charge < -0.3 is 0 Å². The molecule has 0 spiro atoms. The van der Waals surface area contributed by atoms with Crippen molar-refractivity contribution in [1.82, 2.24) is 19.6 Å². The molecule has 0 N–H and O–H groups in total. The molecule has 5 nitrogen and oxygen atoms in total. The summed E-state index contributed by atoms with van der Waals surface area (Å²) in [5, 5.41) is 7.75. The van der Waals surface area contributed by atoms with Crippen molar-refractivity contribution >= 4 is 11.4 Å². The third kappa shape index (κ3) is 1.93. The summed E-state index contributed by atoms with van der Waals surface area (Å²) < 4.78 is 1.76. The second-order valence-corrected chi connectivity index (χ2v) is 4.79. The Morgan fingerprint density at radius 2 is 2.19 bits per heavy atom. The number of hydrogen-bond donors (Lipinski definition) is 0. The molecule has 0 saturated carbocycles. The van der Waals surface area contributed by atoms with Gasteiger partial charge >= 0.3 is 0 Å². The zero-order valence-corrected chi connectivity index (χ0v) is 9.64. The van der Waals surface area contributed by atoms with Gasteiger partial charge in [-0.15, -0.1) is 10.2 Å². The SMILES string of the molecule is CC(C)(C)C(=O)Cc1nccn2cnnc12. The van der Waals surface area contributed by atoms with Crippen molar-refractivity contribution in [3.63, 3.8) is 0 Å². The average molecular weight is 218 g/mol. The molecule has 0 bridgehead atoms. The Labute approximate surface area is 93.5 Å². The fourth-order valence-corrected chi connectivity index (χ4v) is 1.35. The van der Waals surface area contributed by atoms with E-state index in [1.54, 1.807) is 23.1 Å². The monoisotopic (exact) mass is 218 g/mol. The molecule has 84 valence electrons. The van der Waals surface area contributed by atoms with Crippen LogP contribution in [0.2, 0.25) is 0 Å². The number of nitrogens with zero attached hydrogens (tertiary/aromatic N) is 4. The Hall–Kier alpha value is -1.78. The van der Waals surface area contributed by atoms with Crippen molar-refractivity contribution in [2.24, 2.45) is 5.41 Å². The second kappa shape index (κ2) is 3.66. The molecule has 2 heterocycles. The van der Waals surface area contributed by atoms with Crippen molar-refractivity contribution in [3.05, 3.63) is 24.4 Å². The summed E-state index contributed by atoms with van der Waals surface area (Å²) in [7, 11) is 0. The number of carbonyl (C=O) groups excluding carboxylic acids is 1. The highest BCUT2D eigenvalue weighted by Crippen LogP contribution is 2.18. The molecule has 0 fully saturated rings. The third-order valence-corrected chi connectivity index (χ3v) is 2.45. The molecule has 0 aliphatic rings. The molecule has 0 unspecified atom stereocenters. The number of fused-ring (bicyclic) bond motifs is 1. The van der Waals surface area contributed by atoms with Crippen molar-refractivity contribution < 1.29 is 4.79 Å². The maximum Gasteiger partial charge on any atom is 0.182 e. The summed E-state index contributed by atoms with van der Waals surface area (Å²) >= 11 is 0. The van der Waals surface area contributed by atoms with Crippen LogP contribution in [0.4, 0.5) is 0 Å². The molecule has 0 aromatic carbocycles. The molecule has 0 atom stereocenters. The Morgan fingerprint density at radius 1 is 1.44 bits per heavy atom. The first-order valence-corrected chi connectivity index (χ1v) is 5.15. The largest absolute Gasteiger partial charge is 0.299 e. The van der Waals surface area contributed by atoms with Crippen LogP contribution in [-0.4, -0.2) is 25.4 Å². The third-order valence-electron chi connectivity index (χ3n) is 2.45. The molecule has 5 heteroatoms. The molecule has 0 amide bonds. The zero-order valence-electron chi connectivity index (χ0n) is 9.64. The van der Waals surface area contributed by atoms with Crippen molar-refractivity contribution in [2.45, 2.75) is 27.2 Å². The van der Waals surface area contributed by atoms with E-state index in [1.165, 1.54) is 0 Å². The van der Waals surface area contributed by atoms with E-state index in [0.717, 1.165) is 0 Å². The van der Waals surface area contributed by atoms with Gasteiger partial charge in [0.05, 0.1) is 12.1 Å². The number of aromatic nitrogens is 4. The standard InChI is InChI=1S/C11H14N4O/c1-11(2,3)9(16)6-8-10-14-13-7-15(10)5-4-12-8/h4-5,7H,6H2,1-3H3. The van der Waals surface area contributed by atoms with Crippen LogP contribution in [0.1, 0.15) is 26.5 Å². The molecule has 0 aliphatic heterocycles. The Kier molecular flexibility index (Phi) is 2.46. The van der Waals surface area contributed by atoms with Gasteiger partial charge in [0, 0.05) is 17.8 Å². The maximum atomic E-state index is 11.9. The first-order chi connectivity index (χ1) is 7.48. The van der Waals surface area contributed by atoms with Crippen LogP contribution in [0.3, 0.4) is 0 Å². The minimum atomic E-state index is -0.353. The predicted molar refractivity (Wildman–Crippen MR) is 58.9 cm³/mol. The topological polar surface area (TPSA) is 60.2 Å². The Morgan fingerprint density at radius 3 is 2.88 bits per heavy atom. The van der Waals surface area contributed by atoms with Gasteiger partial charge in [0.25, 0.3) is 0 Å². The summed E-state index contributed by atoms with van der Waals surface area (Å²) in [5.41, 5.74) is 0.981. The van der Waals surface area contributed by atoms with Crippen LogP contribution in [0.25, 0.3) is 5.65 Å². The van der Waals surface area contributed by atoms with Crippen molar-refractivity contribution in [3.8, 4) is 0 Å². The number of rotatable bonds is 2. The van der Waals surface area contributed by atoms with Crippen LogP contribution < -0.4 is 0 Å². The summed E-state index contributed by atoms with van der Waals surface area (Å²) in [6.07, 6.45) is 5.32. The molecule has 2 aromatic heterocycles. The van der Waals surface area contributed by atoms with Crippen molar-refractivity contribution in [1.29, 1.82) is 0 Å². The van der Waals surface area contributed by atoms with Gasteiger partial charge in [0.1, 0.15) is 12.1 Å². The minimum absolute atomic E-state index is 0.149. The lowest BCUT2D eigenvalue weighted by atomic mass is 9.88. The van der Waals surface area contributed by atoms with Gasteiger partial charge in [-0.1, -0.05) is 20.8 Å². The Bertz CT molecular complexity index is 524. The smallest absolute Gasteiger partial charge is 0.182 e. The van der Waals surface area contributed by atoms with Gasteiger partial charge in [-0.2, -0.15) is 0 Å². The highest BCUT2D eigenvalue weighted by molar-refractivity contribution is 5.86. The molecular weight excluding hydrogens is 204 g/mol. The van der Waals surface area contributed by atoms with E-state index in [4.69, 9.17) is 0 Å². The quantitative estimate of drug-likeness (QED) is 0.761. The predicted octanol–water partition coefficient (Wildman–Crippen LogP) is 1.28. The van der Waals surface area contributed by atoms with E-state index < -0.39 is 0 Å². The van der Waals surface area contributed by atoms with Gasteiger partial charge in [0.2, 0.25) is 0 Å². The second-order valence-electron chi connectivity index (χ2n) is 4.79. The van der Waals surface area contributed by atoms with Crippen LogP contribution in [-0.2, 0) is 11.2 Å². The van der Waals surface area contributed by atoms with Gasteiger partial charge in [0.15, 0.2) is 5.65 Å². The van der Waals surface area contributed by atoms with Crippen LogP contribution in [0.5, 0.6) is 0 Å². The van der Waals surface area contributed by atoms with Crippen LogP contribution >= 0.6 is 0 Å². The van der Waals surface area contributed by atoms with E-state index in [1.807, 2.05) is 20.8 Å². The fourth-order valence-electron chi connectivity index (χ4n) is 1.35. The lowest BCUT2D eigenvalue weighted by molar-refractivity contribution is -0.125. The first kappa shape index (κ1) is 10.7. The molecule has 16 heavy (non-hydrogen) atoms. The average Bonchev–Trinajstić information content (AvgIpc) is 2.65. The lowest BCUT2D eigenvalue weighted by Gasteiger charge is -2.15. The number of carbonyl (C=O) groups is 1. The van der Waals surface area contributed by atoms with Crippen LogP contribution in [0.15, 0.2) is 18.7 Å². The minimum Gasteiger partial charge on any atom is -0.299 e. The van der Waals surface area contributed by atoms with E-state index in [9.17, 15) is 4.79 Å². The number of hydrogen-bond acceptors (Lipinski definition) is 4. The molecule has 0 saturated heterocycles. The first-order valence-electron chi connectivity index (χ1n) is 5.15. The zero-order chi connectivity index (χ0) is 11.8. The lowest BCUT2D eigenvalue weighted by Crippen LogP contribution is -2.22. The molecule has 0 aliphatic carbocycles. The van der Waals surface area contributed by atoms with Gasteiger partial charge in [-0.3, -0.25) is 14.2 Å². The number of Topliss-reactive ketones (excluding diaryl/α,β-unsaturated/α-hetero) is 1. The molecular formula is C11H14N4O.